The van der Waals surface area contributed by atoms with Gasteiger partial charge < -0.3 is 14.7 Å². The van der Waals surface area contributed by atoms with E-state index < -0.39 is 0 Å². The molecule has 6 nitrogen and oxygen atoms in total. The van der Waals surface area contributed by atoms with Gasteiger partial charge in [0.15, 0.2) is 0 Å². The first-order valence-electron chi connectivity index (χ1n) is 8.18. The maximum Gasteiger partial charge on any atom is 0.253 e. The minimum atomic E-state index is 0.0973. The summed E-state index contributed by atoms with van der Waals surface area (Å²) < 4.78 is 0. The van der Waals surface area contributed by atoms with Gasteiger partial charge in [-0.05, 0) is 37.9 Å². The molecule has 2 heterocycles. The second-order valence-corrected chi connectivity index (χ2v) is 6.26. The van der Waals surface area contributed by atoms with Gasteiger partial charge in [0.2, 0.25) is 5.95 Å². The quantitative estimate of drug-likeness (QED) is 0.853. The molecule has 1 aliphatic rings. The summed E-state index contributed by atoms with van der Waals surface area (Å²) in [6, 6.07) is 9.72. The third kappa shape index (κ3) is 3.89. The molecule has 0 aliphatic carbocycles. The average Bonchev–Trinajstić information content (AvgIpc) is 2.62. The van der Waals surface area contributed by atoms with Crippen molar-refractivity contribution < 1.29 is 4.79 Å². The molecule has 1 saturated heterocycles. The number of rotatable bonds is 4. The van der Waals surface area contributed by atoms with Crippen LogP contribution in [0, 0.1) is 0 Å². The maximum atomic E-state index is 12.6. The van der Waals surface area contributed by atoms with Crippen LogP contribution < -0.4 is 4.90 Å². The number of benzene rings is 1. The van der Waals surface area contributed by atoms with Gasteiger partial charge in [0.1, 0.15) is 0 Å². The Labute approximate surface area is 142 Å². The number of nitrogens with zero attached hydrogens (tertiary/aromatic N) is 5. The Morgan fingerprint density at radius 2 is 1.67 bits per heavy atom. The normalized spacial score (nSPS) is 15.0. The predicted molar refractivity (Wildman–Crippen MR) is 94.0 cm³/mol. The molecule has 126 valence electrons. The molecule has 1 fully saturated rings. The summed E-state index contributed by atoms with van der Waals surface area (Å²) in [4.78, 5) is 27.3. The molecular formula is C18H23N5O. The summed E-state index contributed by atoms with van der Waals surface area (Å²) in [6.45, 7) is 3.78. The molecule has 0 atom stereocenters. The van der Waals surface area contributed by atoms with Crippen LogP contribution in [0.5, 0.6) is 0 Å². The van der Waals surface area contributed by atoms with E-state index in [1.807, 2.05) is 49.3 Å². The smallest absolute Gasteiger partial charge is 0.253 e. The molecule has 0 radical (unpaired) electrons. The lowest BCUT2D eigenvalue weighted by molar-refractivity contribution is 0.0746. The number of aromatic nitrogens is 2. The van der Waals surface area contributed by atoms with Gasteiger partial charge in [-0.1, -0.05) is 12.1 Å². The van der Waals surface area contributed by atoms with Crippen LogP contribution in [0.1, 0.15) is 15.9 Å². The Balaban J connectivity index is 1.59. The fourth-order valence-corrected chi connectivity index (χ4v) is 2.86. The highest BCUT2D eigenvalue weighted by Gasteiger charge is 2.23. The topological polar surface area (TPSA) is 52.6 Å². The molecule has 6 heteroatoms. The standard InChI is InChI=1S/C18H23N5O/c1-21(2)14-15-4-6-16(7-5-15)17(24)22-10-12-23(13-11-22)18-19-8-3-9-20-18/h3-9H,10-14H2,1-2H3. The summed E-state index contributed by atoms with van der Waals surface area (Å²) in [6.07, 6.45) is 3.49. The third-order valence-electron chi connectivity index (χ3n) is 4.10. The zero-order valence-corrected chi connectivity index (χ0v) is 14.2. The highest BCUT2D eigenvalue weighted by molar-refractivity contribution is 5.94. The monoisotopic (exact) mass is 325 g/mol. The van der Waals surface area contributed by atoms with Crippen molar-refractivity contribution in [1.82, 2.24) is 19.8 Å². The van der Waals surface area contributed by atoms with Gasteiger partial charge in [-0.2, -0.15) is 0 Å². The van der Waals surface area contributed by atoms with Crippen LogP contribution in [0.2, 0.25) is 0 Å². The minimum absolute atomic E-state index is 0.0973. The fourth-order valence-electron chi connectivity index (χ4n) is 2.86. The van der Waals surface area contributed by atoms with Crippen LogP contribution in [0.15, 0.2) is 42.7 Å². The SMILES string of the molecule is CN(C)Cc1ccc(C(=O)N2CCN(c3ncccn3)CC2)cc1. The summed E-state index contributed by atoms with van der Waals surface area (Å²) >= 11 is 0. The van der Waals surface area contributed by atoms with Crippen molar-refractivity contribution in [2.45, 2.75) is 6.54 Å². The van der Waals surface area contributed by atoms with Crippen molar-refractivity contribution in [1.29, 1.82) is 0 Å². The van der Waals surface area contributed by atoms with E-state index in [-0.39, 0.29) is 5.91 Å². The zero-order valence-electron chi connectivity index (χ0n) is 14.2. The molecule has 1 amide bonds. The van der Waals surface area contributed by atoms with Crippen LogP contribution in [0.25, 0.3) is 0 Å². The van der Waals surface area contributed by atoms with Crippen LogP contribution in [-0.4, -0.2) is 65.9 Å². The van der Waals surface area contributed by atoms with Gasteiger partial charge in [0.05, 0.1) is 0 Å². The Kier molecular flexibility index (Phi) is 5.05. The number of hydrogen-bond acceptors (Lipinski definition) is 5. The molecule has 2 aromatic rings. The molecule has 1 aliphatic heterocycles. The number of hydrogen-bond donors (Lipinski definition) is 0. The number of anilines is 1. The van der Waals surface area contributed by atoms with E-state index in [1.165, 1.54) is 5.56 Å². The fraction of sp³-hybridized carbons (Fsp3) is 0.389. The van der Waals surface area contributed by atoms with Crippen molar-refractivity contribution in [3.8, 4) is 0 Å². The second kappa shape index (κ2) is 7.40. The Hall–Kier alpha value is -2.47. The van der Waals surface area contributed by atoms with Gasteiger partial charge in [-0.3, -0.25) is 4.79 Å². The molecule has 0 N–H and O–H groups in total. The van der Waals surface area contributed by atoms with E-state index >= 15 is 0 Å². The lowest BCUT2D eigenvalue weighted by Gasteiger charge is -2.34. The Morgan fingerprint density at radius 3 is 2.25 bits per heavy atom. The number of carbonyl (C=O) groups is 1. The number of carbonyl (C=O) groups excluding carboxylic acids is 1. The van der Waals surface area contributed by atoms with Crippen molar-refractivity contribution >= 4 is 11.9 Å². The minimum Gasteiger partial charge on any atom is -0.337 e. The van der Waals surface area contributed by atoms with E-state index in [9.17, 15) is 4.79 Å². The van der Waals surface area contributed by atoms with Gasteiger partial charge >= 0.3 is 0 Å². The van der Waals surface area contributed by atoms with Crippen LogP contribution in [0.4, 0.5) is 5.95 Å². The van der Waals surface area contributed by atoms with Gasteiger partial charge in [0.25, 0.3) is 5.91 Å². The summed E-state index contributed by atoms with van der Waals surface area (Å²) in [5, 5.41) is 0. The Bertz CT molecular complexity index is 664. The van der Waals surface area contributed by atoms with Gasteiger partial charge in [0, 0.05) is 50.7 Å². The summed E-state index contributed by atoms with van der Waals surface area (Å²) in [7, 11) is 4.07. The third-order valence-corrected chi connectivity index (χ3v) is 4.10. The highest BCUT2D eigenvalue weighted by Crippen LogP contribution is 2.13. The first-order chi connectivity index (χ1) is 11.6. The molecule has 1 aromatic carbocycles. The lowest BCUT2D eigenvalue weighted by atomic mass is 10.1. The molecule has 24 heavy (non-hydrogen) atoms. The van der Waals surface area contributed by atoms with Crippen LogP contribution >= 0.6 is 0 Å². The maximum absolute atomic E-state index is 12.6. The van der Waals surface area contributed by atoms with Crippen molar-refractivity contribution in [3.63, 3.8) is 0 Å². The van der Waals surface area contributed by atoms with Crippen molar-refractivity contribution in [2.75, 3.05) is 45.2 Å². The van der Waals surface area contributed by atoms with E-state index in [2.05, 4.69) is 19.8 Å². The van der Waals surface area contributed by atoms with E-state index in [4.69, 9.17) is 0 Å². The first-order valence-corrected chi connectivity index (χ1v) is 8.18. The largest absolute Gasteiger partial charge is 0.337 e. The molecule has 0 spiro atoms. The predicted octanol–water partition coefficient (Wildman–Crippen LogP) is 1.50. The van der Waals surface area contributed by atoms with E-state index in [1.54, 1.807) is 12.4 Å². The average molecular weight is 325 g/mol. The number of amides is 1. The zero-order chi connectivity index (χ0) is 16.9. The van der Waals surface area contributed by atoms with E-state index in [0.29, 0.717) is 13.1 Å². The van der Waals surface area contributed by atoms with E-state index in [0.717, 1.165) is 31.1 Å². The van der Waals surface area contributed by atoms with Crippen molar-refractivity contribution in [3.05, 3.63) is 53.9 Å². The van der Waals surface area contributed by atoms with Crippen LogP contribution in [0.3, 0.4) is 0 Å². The van der Waals surface area contributed by atoms with Crippen LogP contribution in [-0.2, 0) is 6.54 Å². The molecule has 1 aromatic heterocycles. The molecular weight excluding hydrogens is 302 g/mol. The highest BCUT2D eigenvalue weighted by atomic mass is 16.2. The Morgan fingerprint density at radius 1 is 1.04 bits per heavy atom. The van der Waals surface area contributed by atoms with Gasteiger partial charge in [-0.15, -0.1) is 0 Å². The summed E-state index contributed by atoms with van der Waals surface area (Å²) in [5.41, 5.74) is 1.96. The molecule has 0 unspecified atom stereocenters. The molecule has 0 saturated carbocycles. The number of piperazine rings is 1. The van der Waals surface area contributed by atoms with Gasteiger partial charge in [-0.25, -0.2) is 9.97 Å². The lowest BCUT2D eigenvalue weighted by Crippen LogP contribution is -2.49. The first kappa shape index (κ1) is 16.4. The summed E-state index contributed by atoms with van der Waals surface area (Å²) in [5.74, 6) is 0.831. The molecule has 0 bridgehead atoms. The molecule has 3 rings (SSSR count). The van der Waals surface area contributed by atoms with Crippen molar-refractivity contribution in [2.24, 2.45) is 0 Å². The second-order valence-electron chi connectivity index (χ2n) is 6.26.